The van der Waals surface area contributed by atoms with Crippen LogP contribution in [0.4, 0.5) is 0 Å². The van der Waals surface area contributed by atoms with E-state index in [4.69, 9.17) is 0 Å². The molecule has 2 aliphatic heterocycles. The summed E-state index contributed by atoms with van der Waals surface area (Å²) in [6.45, 7) is 2.66. The number of benzene rings is 1. The summed E-state index contributed by atoms with van der Waals surface area (Å²) in [5, 5.41) is 8.45. The predicted octanol–water partition coefficient (Wildman–Crippen LogP) is 1.70. The maximum atomic E-state index is 12.8. The van der Waals surface area contributed by atoms with Crippen molar-refractivity contribution in [3.05, 3.63) is 41.0 Å². The first-order valence-corrected chi connectivity index (χ1v) is 10.0. The first kappa shape index (κ1) is 16.3. The third-order valence-electron chi connectivity index (χ3n) is 4.94. The van der Waals surface area contributed by atoms with Crippen molar-refractivity contribution >= 4 is 15.9 Å². The number of amides is 1. The highest BCUT2D eigenvalue weighted by molar-refractivity contribution is 7.90. The van der Waals surface area contributed by atoms with Gasteiger partial charge in [-0.15, -0.1) is 10.2 Å². The lowest BCUT2D eigenvalue weighted by Gasteiger charge is -2.15. The molecule has 1 amide bonds. The minimum atomic E-state index is -3.78. The normalized spacial score (nSPS) is 18.8. The first-order valence-electron chi connectivity index (χ1n) is 8.58. The molecule has 1 aromatic carbocycles. The maximum Gasteiger partial charge on any atom is 0.269 e. The molecule has 0 atom stereocenters. The Hall–Kier alpha value is -2.22. The summed E-state index contributed by atoms with van der Waals surface area (Å²) < 4.78 is 28.6. The number of aryl methyl sites for hydroxylation is 2. The van der Waals surface area contributed by atoms with Crippen LogP contribution in [-0.4, -0.2) is 39.9 Å². The molecule has 7 nitrogen and oxygen atoms in total. The Morgan fingerprint density at radius 3 is 2.80 bits per heavy atom. The zero-order chi connectivity index (χ0) is 17.6. The smallest absolute Gasteiger partial charge is 0.269 e. The van der Waals surface area contributed by atoms with Crippen molar-refractivity contribution in [1.82, 2.24) is 19.1 Å². The molecule has 0 N–H and O–H groups in total. The van der Waals surface area contributed by atoms with Crippen LogP contribution in [0.25, 0.3) is 0 Å². The molecular formula is C17H20N4O3S. The standard InChI is InChI=1S/C17H20N4O3S/c1-12-6-5-7-13-16(12)25(23,24)21(17(13)22)11-9-15-19-18-14-8-3-2-4-10-20(14)15/h5-7H,2-4,8-11H2,1H3. The van der Waals surface area contributed by atoms with Gasteiger partial charge in [0.15, 0.2) is 0 Å². The van der Waals surface area contributed by atoms with Gasteiger partial charge in [0, 0.05) is 25.9 Å². The van der Waals surface area contributed by atoms with Crippen molar-refractivity contribution in [2.45, 2.75) is 50.5 Å². The van der Waals surface area contributed by atoms with Gasteiger partial charge in [0.25, 0.3) is 15.9 Å². The molecule has 3 heterocycles. The molecule has 25 heavy (non-hydrogen) atoms. The Kier molecular flexibility index (Phi) is 3.87. The van der Waals surface area contributed by atoms with Crippen LogP contribution in [0.15, 0.2) is 23.1 Å². The molecule has 0 unspecified atom stereocenters. The van der Waals surface area contributed by atoms with E-state index in [9.17, 15) is 13.2 Å². The van der Waals surface area contributed by atoms with Crippen molar-refractivity contribution in [3.8, 4) is 0 Å². The molecule has 2 aliphatic rings. The zero-order valence-corrected chi connectivity index (χ0v) is 14.9. The van der Waals surface area contributed by atoms with E-state index in [2.05, 4.69) is 14.8 Å². The van der Waals surface area contributed by atoms with Crippen LogP contribution in [0.1, 0.15) is 46.8 Å². The molecule has 0 bridgehead atoms. The van der Waals surface area contributed by atoms with Gasteiger partial charge in [0.1, 0.15) is 16.5 Å². The van der Waals surface area contributed by atoms with E-state index in [0.29, 0.717) is 12.0 Å². The largest absolute Gasteiger partial charge is 0.315 e. The van der Waals surface area contributed by atoms with Gasteiger partial charge in [0.05, 0.1) is 5.56 Å². The van der Waals surface area contributed by atoms with Crippen LogP contribution < -0.4 is 0 Å². The molecule has 0 aliphatic carbocycles. The van der Waals surface area contributed by atoms with Crippen LogP contribution in [0, 0.1) is 6.92 Å². The molecule has 1 aromatic heterocycles. The van der Waals surface area contributed by atoms with E-state index in [1.807, 2.05) is 0 Å². The van der Waals surface area contributed by atoms with Crippen LogP contribution in [0.2, 0.25) is 0 Å². The molecule has 0 radical (unpaired) electrons. The van der Waals surface area contributed by atoms with E-state index in [0.717, 1.165) is 48.2 Å². The minimum absolute atomic E-state index is 0.0907. The molecule has 2 aromatic rings. The summed E-state index contributed by atoms with van der Waals surface area (Å²) in [6.07, 6.45) is 4.62. The lowest BCUT2D eigenvalue weighted by Crippen LogP contribution is -2.32. The Morgan fingerprint density at radius 2 is 2.00 bits per heavy atom. The average molecular weight is 360 g/mol. The number of sulfonamides is 1. The Labute approximate surface area is 146 Å². The summed E-state index contributed by atoms with van der Waals surface area (Å²) in [5.41, 5.74) is 0.866. The predicted molar refractivity (Wildman–Crippen MR) is 90.7 cm³/mol. The maximum absolute atomic E-state index is 12.8. The summed E-state index contributed by atoms with van der Waals surface area (Å²) in [5.74, 6) is 1.27. The van der Waals surface area contributed by atoms with Gasteiger partial charge in [-0.05, 0) is 31.4 Å². The van der Waals surface area contributed by atoms with Crippen molar-refractivity contribution in [2.24, 2.45) is 0 Å². The van der Waals surface area contributed by atoms with Crippen molar-refractivity contribution in [3.63, 3.8) is 0 Å². The number of fused-ring (bicyclic) bond motifs is 2. The molecule has 0 saturated heterocycles. The molecule has 0 spiro atoms. The summed E-state index contributed by atoms with van der Waals surface area (Å²) in [6, 6.07) is 5.00. The van der Waals surface area contributed by atoms with Gasteiger partial charge >= 0.3 is 0 Å². The van der Waals surface area contributed by atoms with Gasteiger partial charge in [-0.25, -0.2) is 12.7 Å². The fourth-order valence-electron chi connectivity index (χ4n) is 3.67. The molecule has 8 heteroatoms. The van der Waals surface area contributed by atoms with Crippen LogP contribution in [-0.2, 0) is 29.4 Å². The van der Waals surface area contributed by atoms with Crippen molar-refractivity contribution in [1.29, 1.82) is 0 Å². The highest BCUT2D eigenvalue weighted by Gasteiger charge is 2.42. The summed E-state index contributed by atoms with van der Waals surface area (Å²) >= 11 is 0. The second-order valence-corrected chi connectivity index (χ2v) is 8.38. The quantitative estimate of drug-likeness (QED) is 0.832. The third kappa shape index (κ3) is 2.55. The number of carbonyl (C=O) groups is 1. The highest BCUT2D eigenvalue weighted by Crippen LogP contribution is 2.32. The van der Waals surface area contributed by atoms with E-state index in [1.54, 1.807) is 25.1 Å². The van der Waals surface area contributed by atoms with E-state index < -0.39 is 15.9 Å². The summed E-state index contributed by atoms with van der Waals surface area (Å²) in [4.78, 5) is 12.7. The van der Waals surface area contributed by atoms with E-state index in [-0.39, 0.29) is 17.0 Å². The summed E-state index contributed by atoms with van der Waals surface area (Å²) in [7, 11) is -3.78. The second-order valence-electron chi connectivity index (χ2n) is 6.58. The lowest BCUT2D eigenvalue weighted by molar-refractivity contribution is 0.0871. The topological polar surface area (TPSA) is 85.2 Å². The van der Waals surface area contributed by atoms with Crippen LogP contribution >= 0.6 is 0 Å². The van der Waals surface area contributed by atoms with Gasteiger partial charge in [-0.1, -0.05) is 18.6 Å². The fourth-order valence-corrected chi connectivity index (χ4v) is 5.45. The lowest BCUT2D eigenvalue weighted by atomic mass is 10.1. The second kappa shape index (κ2) is 5.94. The number of carbonyl (C=O) groups excluding carboxylic acids is 1. The molecule has 4 rings (SSSR count). The number of hydrogen-bond acceptors (Lipinski definition) is 5. The van der Waals surface area contributed by atoms with Gasteiger partial charge in [0.2, 0.25) is 0 Å². The Bertz CT molecular complexity index is 949. The van der Waals surface area contributed by atoms with Crippen LogP contribution in [0.3, 0.4) is 0 Å². The number of rotatable bonds is 3. The van der Waals surface area contributed by atoms with Crippen molar-refractivity contribution in [2.75, 3.05) is 6.54 Å². The zero-order valence-electron chi connectivity index (χ0n) is 14.1. The molecule has 132 valence electrons. The Morgan fingerprint density at radius 1 is 1.16 bits per heavy atom. The van der Waals surface area contributed by atoms with Gasteiger partial charge in [-0.2, -0.15) is 0 Å². The highest BCUT2D eigenvalue weighted by atomic mass is 32.2. The third-order valence-corrected chi connectivity index (χ3v) is 6.93. The van der Waals surface area contributed by atoms with Crippen molar-refractivity contribution < 1.29 is 13.2 Å². The van der Waals surface area contributed by atoms with Gasteiger partial charge in [-0.3, -0.25) is 4.79 Å². The van der Waals surface area contributed by atoms with Gasteiger partial charge < -0.3 is 4.57 Å². The van der Waals surface area contributed by atoms with Crippen LogP contribution in [0.5, 0.6) is 0 Å². The molecular weight excluding hydrogens is 340 g/mol. The molecule has 0 saturated carbocycles. The fraction of sp³-hybridized carbons (Fsp3) is 0.471. The van der Waals surface area contributed by atoms with E-state index in [1.165, 1.54) is 0 Å². The Balaban J connectivity index is 1.60. The average Bonchev–Trinajstić information content (AvgIpc) is 2.92. The number of nitrogens with zero attached hydrogens (tertiary/aromatic N) is 4. The number of aromatic nitrogens is 3. The van der Waals surface area contributed by atoms with E-state index >= 15 is 0 Å². The number of hydrogen-bond donors (Lipinski definition) is 0. The minimum Gasteiger partial charge on any atom is -0.315 e. The SMILES string of the molecule is Cc1cccc2c1S(=O)(=O)N(CCc1nnc3n1CCCCC3)C2=O. The first-order chi connectivity index (χ1) is 12.0. The molecule has 0 fully saturated rings. The monoisotopic (exact) mass is 360 g/mol.